The van der Waals surface area contributed by atoms with Crippen molar-refractivity contribution in [2.45, 2.75) is 12.6 Å². The maximum absolute atomic E-state index is 11.9. The molecule has 2 rings (SSSR count). The summed E-state index contributed by atoms with van der Waals surface area (Å²) in [7, 11) is 1.82. The molecule has 2 unspecified atom stereocenters. The Labute approximate surface area is 111 Å². The minimum atomic E-state index is -0.230. The van der Waals surface area contributed by atoms with E-state index in [1.807, 2.05) is 19.2 Å². The first-order chi connectivity index (χ1) is 8.70. The number of esters is 1. The highest BCUT2D eigenvalue weighted by Gasteiger charge is 2.34. The van der Waals surface area contributed by atoms with Crippen molar-refractivity contribution in [3.8, 4) is 0 Å². The van der Waals surface area contributed by atoms with Gasteiger partial charge in [0.05, 0.1) is 19.1 Å². The van der Waals surface area contributed by atoms with E-state index in [9.17, 15) is 4.79 Å². The largest absolute Gasteiger partial charge is 0.460 e. The van der Waals surface area contributed by atoms with Crippen LogP contribution in [0.25, 0.3) is 0 Å². The number of halogens is 1. The summed E-state index contributed by atoms with van der Waals surface area (Å²) in [6.45, 7) is 1.21. The maximum atomic E-state index is 11.9. The van der Waals surface area contributed by atoms with Gasteiger partial charge in [0.25, 0.3) is 0 Å². The molecule has 0 aliphatic carbocycles. The number of hydrogen-bond acceptors (Lipinski definition) is 4. The quantitative estimate of drug-likeness (QED) is 0.844. The zero-order valence-electron chi connectivity index (χ0n) is 10.2. The Morgan fingerprint density at radius 1 is 1.56 bits per heavy atom. The molecule has 1 heterocycles. The predicted octanol–water partition coefficient (Wildman–Crippen LogP) is 1.62. The van der Waals surface area contributed by atoms with E-state index in [-0.39, 0.29) is 24.5 Å². The van der Waals surface area contributed by atoms with Crippen LogP contribution in [0.5, 0.6) is 0 Å². The average molecular weight is 270 g/mol. The fraction of sp³-hybridized carbons (Fsp3) is 0.462. The summed E-state index contributed by atoms with van der Waals surface area (Å²) in [5.41, 5.74) is 0.885. The van der Waals surface area contributed by atoms with Crippen molar-refractivity contribution in [3.63, 3.8) is 0 Å². The number of carbonyl (C=O) groups is 1. The van der Waals surface area contributed by atoms with Crippen LogP contribution in [0, 0.1) is 5.92 Å². The fourth-order valence-corrected chi connectivity index (χ4v) is 2.17. The van der Waals surface area contributed by atoms with Crippen molar-refractivity contribution in [3.05, 3.63) is 34.9 Å². The van der Waals surface area contributed by atoms with Crippen LogP contribution in [0.4, 0.5) is 0 Å². The molecule has 0 amide bonds. The van der Waals surface area contributed by atoms with E-state index in [1.54, 1.807) is 12.1 Å². The minimum absolute atomic E-state index is 0.0388. The summed E-state index contributed by atoms with van der Waals surface area (Å²) in [5.74, 6) is -0.457. The molecule has 2 atom stereocenters. The molecule has 1 N–H and O–H groups in total. The molecule has 1 aromatic rings. The Balaban J connectivity index is 1.88. The van der Waals surface area contributed by atoms with E-state index in [0.29, 0.717) is 18.2 Å². The van der Waals surface area contributed by atoms with E-state index in [1.165, 1.54) is 0 Å². The number of hydrogen-bond donors (Lipinski definition) is 1. The zero-order valence-corrected chi connectivity index (χ0v) is 10.9. The highest BCUT2D eigenvalue weighted by atomic mass is 35.5. The van der Waals surface area contributed by atoms with Crippen molar-refractivity contribution in [2.75, 3.05) is 20.3 Å². The second-order valence-corrected chi connectivity index (χ2v) is 4.71. The first-order valence-electron chi connectivity index (χ1n) is 5.87. The molecular formula is C13H16ClNO3. The molecule has 1 aliphatic heterocycles. The van der Waals surface area contributed by atoms with Gasteiger partial charge in [0, 0.05) is 11.1 Å². The molecule has 1 aromatic carbocycles. The summed E-state index contributed by atoms with van der Waals surface area (Å²) in [5, 5.41) is 3.69. The highest BCUT2D eigenvalue weighted by molar-refractivity contribution is 6.30. The monoisotopic (exact) mass is 269 g/mol. The smallest absolute Gasteiger partial charge is 0.313 e. The van der Waals surface area contributed by atoms with Gasteiger partial charge in [-0.1, -0.05) is 23.7 Å². The second-order valence-electron chi connectivity index (χ2n) is 4.28. The summed E-state index contributed by atoms with van der Waals surface area (Å²) >= 11 is 5.86. The van der Waals surface area contributed by atoms with E-state index >= 15 is 0 Å². The molecule has 0 aromatic heterocycles. The lowest BCUT2D eigenvalue weighted by Crippen LogP contribution is -2.37. The van der Waals surface area contributed by atoms with Crippen LogP contribution in [0.15, 0.2) is 24.3 Å². The molecule has 0 saturated carbocycles. The van der Waals surface area contributed by atoms with Crippen LogP contribution < -0.4 is 5.32 Å². The average Bonchev–Trinajstić information content (AvgIpc) is 2.84. The van der Waals surface area contributed by atoms with Crippen LogP contribution in [-0.2, 0) is 20.9 Å². The van der Waals surface area contributed by atoms with Crippen LogP contribution in [0.1, 0.15) is 5.56 Å². The Morgan fingerprint density at radius 3 is 3.11 bits per heavy atom. The number of carbonyl (C=O) groups excluding carboxylic acids is 1. The van der Waals surface area contributed by atoms with Gasteiger partial charge in [0.1, 0.15) is 6.61 Å². The summed E-state index contributed by atoms with van der Waals surface area (Å²) in [6.07, 6.45) is 0. The van der Waals surface area contributed by atoms with E-state index in [4.69, 9.17) is 21.1 Å². The first-order valence-corrected chi connectivity index (χ1v) is 6.24. The molecule has 0 radical (unpaired) electrons. The Hall–Kier alpha value is -1.10. The third-order valence-electron chi connectivity index (χ3n) is 3.02. The first kappa shape index (κ1) is 13.3. The van der Waals surface area contributed by atoms with Gasteiger partial charge in [-0.15, -0.1) is 0 Å². The van der Waals surface area contributed by atoms with Gasteiger partial charge in [-0.05, 0) is 24.7 Å². The van der Waals surface area contributed by atoms with Crippen molar-refractivity contribution < 1.29 is 14.3 Å². The number of likely N-dealkylation sites (N-methyl/N-ethyl adjacent to an activating group) is 1. The highest BCUT2D eigenvalue weighted by Crippen LogP contribution is 2.17. The van der Waals surface area contributed by atoms with Crippen LogP contribution in [0.2, 0.25) is 5.02 Å². The number of ether oxygens (including phenoxy) is 2. The summed E-state index contributed by atoms with van der Waals surface area (Å²) < 4.78 is 10.5. The van der Waals surface area contributed by atoms with Gasteiger partial charge in [0.15, 0.2) is 0 Å². The standard InChI is InChI=1S/C13H16ClNO3/c1-15-12-8-17-7-11(12)13(16)18-6-9-3-2-4-10(14)5-9/h2-5,11-12,15H,6-8H2,1H3. The molecule has 4 nitrogen and oxygen atoms in total. The van der Waals surface area contributed by atoms with Crippen molar-refractivity contribution >= 4 is 17.6 Å². The fourth-order valence-electron chi connectivity index (χ4n) is 1.96. The van der Waals surface area contributed by atoms with Gasteiger partial charge in [-0.2, -0.15) is 0 Å². The van der Waals surface area contributed by atoms with Crippen molar-refractivity contribution in [1.29, 1.82) is 0 Å². The van der Waals surface area contributed by atoms with E-state index < -0.39 is 0 Å². The topological polar surface area (TPSA) is 47.6 Å². The maximum Gasteiger partial charge on any atom is 0.313 e. The molecule has 1 aliphatic rings. The van der Waals surface area contributed by atoms with Crippen LogP contribution in [0.3, 0.4) is 0 Å². The Morgan fingerprint density at radius 2 is 2.39 bits per heavy atom. The third-order valence-corrected chi connectivity index (χ3v) is 3.26. The lowest BCUT2D eigenvalue weighted by Gasteiger charge is -2.15. The Bertz CT molecular complexity index is 424. The molecule has 5 heteroatoms. The lowest BCUT2D eigenvalue weighted by molar-refractivity contribution is -0.150. The second kappa shape index (κ2) is 6.18. The Kier molecular flexibility index (Phi) is 4.58. The number of benzene rings is 1. The van der Waals surface area contributed by atoms with Crippen molar-refractivity contribution in [2.24, 2.45) is 5.92 Å². The molecular weight excluding hydrogens is 254 g/mol. The normalized spacial score (nSPS) is 23.0. The van der Waals surface area contributed by atoms with E-state index in [0.717, 1.165) is 5.56 Å². The molecule has 0 bridgehead atoms. The summed E-state index contributed by atoms with van der Waals surface area (Å²) in [6, 6.07) is 7.32. The molecule has 0 spiro atoms. The minimum Gasteiger partial charge on any atom is -0.460 e. The summed E-state index contributed by atoms with van der Waals surface area (Å²) in [4.78, 5) is 11.9. The van der Waals surface area contributed by atoms with Crippen molar-refractivity contribution in [1.82, 2.24) is 5.32 Å². The molecule has 1 saturated heterocycles. The van der Waals surface area contributed by atoms with Gasteiger partial charge in [0.2, 0.25) is 0 Å². The van der Waals surface area contributed by atoms with E-state index in [2.05, 4.69) is 5.32 Å². The number of nitrogens with one attached hydrogen (secondary N) is 1. The van der Waals surface area contributed by atoms with Gasteiger partial charge in [-0.3, -0.25) is 4.79 Å². The van der Waals surface area contributed by atoms with Gasteiger partial charge in [-0.25, -0.2) is 0 Å². The number of rotatable bonds is 4. The third kappa shape index (κ3) is 3.22. The van der Waals surface area contributed by atoms with Crippen LogP contribution >= 0.6 is 11.6 Å². The lowest BCUT2D eigenvalue weighted by atomic mass is 10.0. The molecule has 1 fully saturated rings. The van der Waals surface area contributed by atoms with Gasteiger partial charge < -0.3 is 14.8 Å². The molecule has 18 heavy (non-hydrogen) atoms. The SMILES string of the molecule is CNC1COCC1C(=O)OCc1cccc(Cl)c1. The van der Waals surface area contributed by atoms with Crippen LogP contribution in [-0.4, -0.2) is 32.3 Å². The molecule has 98 valence electrons. The predicted molar refractivity (Wildman–Crippen MR) is 68.4 cm³/mol. The zero-order chi connectivity index (χ0) is 13.0. The van der Waals surface area contributed by atoms with Gasteiger partial charge >= 0.3 is 5.97 Å².